The van der Waals surface area contributed by atoms with Crippen LogP contribution in [0.4, 0.5) is 4.79 Å². The third-order valence-corrected chi connectivity index (χ3v) is 3.80. The van der Waals surface area contributed by atoms with Crippen molar-refractivity contribution in [2.45, 2.75) is 19.5 Å². The van der Waals surface area contributed by atoms with Gasteiger partial charge in [0.15, 0.2) is 0 Å². The summed E-state index contributed by atoms with van der Waals surface area (Å²) < 4.78 is 16.0. The van der Waals surface area contributed by atoms with Crippen molar-refractivity contribution in [3.05, 3.63) is 47.8 Å². The molecule has 1 atom stereocenters. The van der Waals surface area contributed by atoms with E-state index in [0.29, 0.717) is 17.2 Å². The highest BCUT2D eigenvalue weighted by Gasteiger charge is 2.15. The summed E-state index contributed by atoms with van der Waals surface area (Å²) in [5.74, 6) is 1.78. The van der Waals surface area contributed by atoms with Crippen LogP contribution in [0.15, 0.2) is 36.7 Å². The molecule has 0 saturated heterocycles. The lowest BCUT2D eigenvalue weighted by molar-refractivity contribution is 0.237. The van der Waals surface area contributed by atoms with Crippen molar-refractivity contribution in [2.24, 2.45) is 0 Å². The molecular weight excluding hydrogens is 322 g/mol. The molecule has 0 aliphatic heterocycles. The maximum Gasteiger partial charge on any atom is 0.315 e. The van der Waals surface area contributed by atoms with Gasteiger partial charge in [-0.3, -0.25) is 4.98 Å². The van der Waals surface area contributed by atoms with Crippen LogP contribution in [0.25, 0.3) is 0 Å². The Bertz CT molecular complexity index is 682. The number of carbonyl (C=O) groups is 1. The van der Waals surface area contributed by atoms with E-state index in [1.54, 1.807) is 45.9 Å². The molecule has 0 aliphatic carbocycles. The molecule has 0 fully saturated rings. The van der Waals surface area contributed by atoms with Gasteiger partial charge in [-0.25, -0.2) is 4.79 Å². The van der Waals surface area contributed by atoms with Crippen LogP contribution in [0.5, 0.6) is 17.2 Å². The van der Waals surface area contributed by atoms with E-state index in [1.165, 1.54) is 0 Å². The summed E-state index contributed by atoms with van der Waals surface area (Å²) in [4.78, 5) is 16.1. The van der Waals surface area contributed by atoms with Gasteiger partial charge in [-0.05, 0) is 24.6 Å². The van der Waals surface area contributed by atoms with E-state index in [2.05, 4.69) is 15.6 Å². The highest BCUT2D eigenvalue weighted by atomic mass is 16.5. The zero-order valence-electron chi connectivity index (χ0n) is 14.8. The maximum atomic E-state index is 12.2. The number of carbonyl (C=O) groups excluding carboxylic acids is 1. The molecule has 0 bridgehead atoms. The van der Waals surface area contributed by atoms with E-state index in [0.717, 1.165) is 11.1 Å². The first-order chi connectivity index (χ1) is 12.1. The molecule has 0 radical (unpaired) electrons. The molecule has 0 aliphatic rings. The molecule has 2 aromatic rings. The summed E-state index contributed by atoms with van der Waals surface area (Å²) in [6.45, 7) is 2.16. The predicted molar refractivity (Wildman–Crippen MR) is 94.1 cm³/mol. The minimum atomic E-state index is -0.288. The van der Waals surface area contributed by atoms with E-state index in [-0.39, 0.29) is 18.6 Å². The molecule has 2 N–H and O–H groups in total. The Hall–Kier alpha value is -2.96. The summed E-state index contributed by atoms with van der Waals surface area (Å²) in [5.41, 5.74) is 1.71. The third kappa shape index (κ3) is 4.76. The fourth-order valence-corrected chi connectivity index (χ4v) is 2.40. The average molecular weight is 345 g/mol. The molecule has 1 heterocycles. The van der Waals surface area contributed by atoms with Gasteiger partial charge < -0.3 is 24.8 Å². The molecule has 25 heavy (non-hydrogen) atoms. The van der Waals surface area contributed by atoms with E-state index >= 15 is 0 Å². The molecule has 0 spiro atoms. The van der Waals surface area contributed by atoms with Gasteiger partial charge in [0.25, 0.3) is 0 Å². The van der Waals surface area contributed by atoms with Crippen LogP contribution in [0.1, 0.15) is 24.1 Å². The first kappa shape index (κ1) is 18.4. The molecule has 1 aromatic heterocycles. The van der Waals surface area contributed by atoms with Crippen molar-refractivity contribution in [1.29, 1.82) is 0 Å². The molecule has 2 rings (SSSR count). The van der Waals surface area contributed by atoms with Gasteiger partial charge in [0.2, 0.25) is 0 Å². The topological polar surface area (TPSA) is 81.7 Å². The highest BCUT2D eigenvalue weighted by Crippen LogP contribution is 2.33. The number of urea groups is 1. The van der Waals surface area contributed by atoms with E-state index in [1.807, 2.05) is 19.1 Å². The van der Waals surface area contributed by atoms with Crippen LogP contribution in [0, 0.1) is 0 Å². The van der Waals surface area contributed by atoms with Crippen molar-refractivity contribution < 1.29 is 19.0 Å². The fraction of sp³-hybridized carbons (Fsp3) is 0.333. The van der Waals surface area contributed by atoms with Crippen molar-refractivity contribution in [2.75, 3.05) is 21.3 Å². The largest absolute Gasteiger partial charge is 0.496 e. The summed E-state index contributed by atoms with van der Waals surface area (Å²) in [7, 11) is 4.69. The highest BCUT2D eigenvalue weighted by molar-refractivity contribution is 5.74. The molecule has 7 nitrogen and oxygen atoms in total. The quantitative estimate of drug-likeness (QED) is 0.806. The molecule has 1 unspecified atom stereocenters. The van der Waals surface area contributed by atoms with E-state index in [4.69, 9.17) is 14.2 Å². The number of hydrogen-bond donors (Lipinski definition) is 2. The van der Waals surface area contributed by atoms with Gasteiger partial charge >= 0.3 is 6.03 Å². The number of amides is 2. The van der Waals surface area contributed by atoms with E-state index in [9.17, 15) is 4.79 Å². The van der Waals surface area contributed by atoms with Gasteiger partial charge in [-0.2, -0.15) is 0 Å². The zero-order chi connectivity index (χ0) is 18.2. The summed E-state index contributed by atoms with van der Waals surface area (Å²) in [6.07, 6.45) is 3.39. The van der Waals surface area contributed by atoms with Gasteiger partial charge in [0, 0.05) is 24.5 Å². The number of benzene rings is 1. The molecule has 2 amide bonds. The zero-order valence-corrected chi connectivity index (χ0v) is 14.8. The first-order valence-corrected chi connectivity index (χ1v) is 7.82. The second-order valence-corrected chi connectivity index (χ2v) is 5.34. The van der Waals surface area contributed by atoms with Crippen LogP contribution in [0.2, 0.25) is 0 Å². The number of methoxy groups -OCH3 is 3. The molecule has 0 saturated carbocycles. The second kappa shape index (κ2) is 8.77. The van der Waals surface area contributed by atoms with Gasteiger partial charge in [-0.1, -0.05) is 0 Å². The first-order valence-electron chi connectivity index (χ1n) is 7.82. The monoisotopic (exact) mass is 345 g/mol. The summed E-state index contributed by atoms with van der Waals surface area (Å²) in [5, 5.41) is 5.70. The van der Waals surface area contributed by atoms with Crippen LogP contribution in [-0.4, -0.2) is 32.3 Å². The predicted octanol–water partition coefficient (Wildman–Crippen LogP) is 2.67. The Morgan fingerprint density at radius 1 is 1.08 bits per heavy atom. The summed E-state index contributed by atoms with van der Waals surface area (Å²) >= 11 is 0. The number of hydrogen-bond acceptors (Lipinski definition) is 5. The van der Waals surface area contributed by atoms with Crippen molar-refractivity contribution in [3.8, 4) is 17.2 Å². The average Bonchev–Trinajstić information content (AvgIpc) is 2.66. The minimum Gasteiger partial charge on any atom is -0.496 e. The molecule has 1 aromatic carbocycles. The Morgan fingerprint density at radius 3 is 2.20 bits per heavy atom. The normalized spacial score (nSPS) is 11.4. The minimum absolute atomic E-state index is 0.136. The number of rotatable bonds is 7. The Balaban J connectivity index is 2.04. The van der Waals surface area contributed by atoms with Crippen LogP contribution >= 0.6 is 0 Å². The van der Waals surface area contributed by atoms with E-state index < -0.39 is 0 Å². The smallest absolute Gasteiger partial charge is 0.315 e. The lowest BCUT2D eigenvalue weighted by Gasteiger charge is -2.17. The van der Waals surface area contributed by atoms with Crippen LogP contribution < -0.4 is 24.8 Å². The third-order valence-electron chi connectivity index (χ3n) is 3.80. The molecule has 7 heteroatoms. The summed E-state index contributed by atoms with van der Waals surface area (Å²) in [6, 6.07) is 6.79. The Morgan fingerprint density at radius 2 is 1.68 bits per heavy atom. The van der Waals surface area contributed by atoms with Crippen LogP contribution in [0.3, 0.4) is 0 Å². The van der Waals surface area contributed by atoms with Crippen LogP contribution in [-0.2, 0) is 6.54 Å². The number of pyridine rings is 1. The Labute approximate surface area is 147 Å². The standard InChI is InChI=1S/C18H23N3O4/c1-12(13-5-7-19-8-6-13)21-18(22)20-11-15-16(24-3)9-14(23-2)10-17(15)25-4/h5-10,12H,11H2,1-4H3,(H2,20,21,22). The van der Waals surface area contributed by atoms with Gasteiger partial charge in [0.1, 0.15) is 17.2 Å². The van der Waals surface area contributed by atoms with Crippen molar-refractivity contribution in [1.82, 2.24) is 15.6 Å². The molecule has 134 valence electrons. The van der Waals surface area contributed by atoms with Crippen molar-refractivity contribution in [3.63, 3.8) is 0 Å². The molecular formula is C18H23N3O4. The van der Waals surface area contributed by atoms with Crippen molar-refractivity contribution >= 4 is 6.03 Å². The lowest BCUT2D eigenvalue weighted by Crippen LogP contribution is -2.36. The van der Waals surface area contributed by atoms with Gasteiger partial charge in [0.05, 0.1) is 39.5 Å². The number of nitrogens with zero attached hydrogens (tertiary/aromatic N) is 1. The SMILES string of the molecule is COc1cc(OC)c(CNC(=O)NC(C)c2ccncc2)c(OC)c1. The maximum absolute atomic E-state index is 12.2. The second-order valence-electron chi connectivity index (χ2n) is 5.34. The van der Waals surface area contributed by atoms with Gasteiger partial charge in [-0.15, -0.1) is 0 Å². The lowest BCUT2D eigenvalue weighted by atomic mass is 10.1. The number of ether oxygens (including phenoxy) is 3. The Kier molecular flexibility index (Phi) is 6.45. The number of aromatic nitrogens is 1. The fourth-order valence-electron chi connectivity index (χ4n) is 2.40. The number of nitrogens with one attached hydrogen (secondary N) is 2.